The second-order valence-corrected chi connectivity index (χ2v) is 11.2. The van der Waals surface area contributed by atoms with E-state index in [1.807, 2.05) is 13.8 Å². The van der Waals surface area contributed by atoms with Gasteiger partial charge in [-0.2, -0.15) is 39.5 Å². The van der Waals surface area contributed by atoms with Crippen molar-refractivity contribution < 1.29 is 54.3 Å². The molecule has 1 aliphatic rings. The molecule has 6 nitrogen and oxygen atoms in total. The first-order valence-electron chi connectivity index (χ1n) is 12.8. The van der Waals surface area contributed by atoms with E-state index in [9.17, 15) is 54.7 Å². The fraction of sp³-hybridized carbons (Fsp3) is 0.500. The first-order chi connectivity index (χ1) is 19.5. The Bertz CT molecular complexity index is 1380. The highest BCUT2D eigenvalue weighted by atomic mass is 19.4. The topological polar surface area (TPSA) is 75.8 Å². The zero-order chi connectivity index (χ0) is 32.9. The second-order valence-electron chi connectivity index (χ2n) is 11.2. The lowest BCUT2D eigenvalue weighted by Crippen LogP contribution is -2.37. The normalized spacial score (nSPS) is 17.5. The number of nitro benzene ring substituents is 1. The number of aliphatic hydroxyl groups is 1. The molecule has 0 fully saturated rings. The molecule has 0 unspecified atom stereocenters. The standard InChI is InChI=1S/C28H29F9N2O4/c1-14(24(40)15-8-16(26(29,30)31)10-17(9-15)27(32,33)34)38(4)22-13-25(2,3)7-6-18(22)19-11-21(39(41)42)20(28(35,36)37)12-23(19)43-5/h8-12,14,24,40H,6-7,13H2,1-5H3/t14-,24-/m0/s1. The van der Waals surface area contributed by atoms with Crippen molar-refractivity contribution in [1.29, 1.82) is 0 Å². The molecule has 2 atom stereocenters. The van der Waals surface area contributed by atoms with Crippen LogP contribution in [0.15, 0.2) is 36.0 Å². The van der Waals surface area contributed by atoms with Gasteiger partial charge in [0, 0.05) is 24.4 Å². The number of nitro groups is 1. The largest absolute Gasteiger partial charge is 0.496 e. The number of halogens is 9. The third-order valence-electron chi connectivity index (χ3n) is 7.64. The summed E-state index contributed by atoms with van der Waals surface area (Å²) in [7, 11) is 2.51. The van der Waals surface area contributed by atoms with Gasteiger partial charge in [-0.05, 0) is 67.0 Å². The molecule has 0 saturated carbocycles. The van der Waals surface area contributed by atoms with E-state index in [1.165, 1.54) is 18.9 Å². The highest BCUT2D eigenvalue weighted by Crippen LogP contribution is 2.49. The number of rotatable bonds is 7. The van der Waals surface area contributed by atoms with Crippen LogP contribution in [0.2, 0.25) is 0 Å². The summed E-state index contributed by atoms with van der Waals surface area (Å²) in [6.45, 7) is 5.10. The molecule has 0 aromatic heterocycles. The van der Waals surface area contributed by atoms with Gasteiger partial charge >= 0.3 is 18.5 Å². The Morgan fingerprint density at radius 1 is 0.953 bits per heavy atom. The molecule has 0 amide bonds. The van der Waals surface area contributed by atoms with Crippen LogP contribution in [0.3, 0.4) is 0 Å². The molecule has 0 saturated heterocycles. The molecule has 2 aromatic rings. The zero-order valence-corrected chi connectivity index (χ0v) is 23.6. The minimum absolute atomic E-state index is 0.0281. The number of alkyl halides is 9. The molecule has 3 rings (SSSR count). The zero-order valence-electron chi connectivity index (χ0n) is 23.6. The molecule has 0 radical (unpaired) electrons. The van der Waals surface area contributed by atoms with E-state index in [-0.39, 0.29) is 30.2 Å². The molecule has 0 spiro atoms. The van der Waals surface area contributed by atoms with Crippen molar-refractivity contribution in [2.75, 3.05) is 14.2 Å². The molecule has 1 N–H and O–H groups in total. The molecular weight excluding hydrogens is 599 g/mol. The number of hydrogen-bond donors (Lipinski definition) is 1. The average Bonchev–Trinajstić information content (AvgIpc) is 2.88. The van der Waals surface area contributed by atoms with Crippen molar-refractivity contribution in [3.8, 4) is 5.75 Å². The quantitative estimate of drug-likeness (QED) is 0.189. The Kier molecular flexibility index (Phi) is 9.13. The van der Waals surface area contributed by atoms with E-state index >= 15 is 0 Å². The molecular formula is C28H29F9N2O4. The van der Waals surface area contributed by atoms with Crippen molar-refractivity contribution in [2.45, 2.75) is 70.7 Å². The average molecular weight is 629 g/mol. The van der Waals surface area contributed by atoms with Crippen LogP contribution in [0.5, 0.6) is 5.75 Å². The summed E-state index contributed by atoms with van der Waals surface area (Å²) in [5.74, 6) is -0.320. The Labute approximate surface area is 240 Å². The van der Waals surface area contributed by atoms with Gasteiger partial charge in [-0.1, -0.05) is 13.8 Å². The van der Waals surface area contributed by atoms with E-state index in [0.29, 0.717) is 35.9 Å². The van der Waals surface area contributed by atoms with E-state index in [0.717, 1.165) is 13.2 Å². The molecule has 1 aliphatic carbocycles. The van der Waals surface area contributed by atoms with Gasteiger partial charge < -0.3 is 14.7 Å². The van der Waals surface area contributed by atoms with Crippen molar-refractivity contribution in [3.63, 3.8) is 0 Å². The summed E-state index contributed by atoms with van der Waals surface area (Å²) in [6.07, 6.45) is -16.3. The number of aliphatic hydroxyl groups excluding tert-OH is 1. The Morgan fingerprint density at radius 2 is 1.49 bits per heavy atom. The lowest BCUT2D eigenvalue weighted by molar-refractivity contribution is -0.388. The number of hydrogen-bond acceptors (Lipinski definition) is 5. The van der Waals surface area contributed by atoms with Gasteiger partial charge in [-0.15, -0.1) is 0 Å². The number of likely N-dealkylation sites (N-methyl/N-ethyl adjacent to an activating group) is 1. The second kappa shape index (κ2) is 11.5. The van der Waals surface area contributed by atoms with E-state index in [1.54, 1.807) is 0 Å². The smallest absolute Gasteiger partial charge is 0.423 e. The van der Waals surface area contributed by atoms with Crippen LogP contribution in [0, 0.1) is 15.5 Å². The maximum atomic E-state index is 13.6. The van der Waals surface area contributed by atoms with Gasteiger partial charge in [-0.25, -0.2) is 0 Å². The fourth-order valence-corrected chi connectivity index (χ4v) is 5.12. The van der Waals surface area contributed by atoms with Gasteiger partial charge in [0.25, 0.3) is 5.69 Å². The molecule has 0 heterocycles. The van der Waals surface area contributed by atoms with Crippen LogP contribution in [0.25, 0.3) is 5.57 Å². The Hall–Kier alpha value is -3.49. The third-order valence-corrected chi connectivity index (χ3v) is 7.64. The maximum Gasteiger partial charge on any atom is 0.423 e. The first kappa shape index (κ1) is 34.0. The predicted octanol–water partition coefficient (Wildman–Crippen LogP) is 8.63. The highest BCUT2D eigenvalue weighted by Gasteiger charge is 2.42. The first-order valence-corrected chi connectivity index (χ1v) is 12.8. The van der Waals surface area contributed by atoms with Gasteiger partial charge in [0.2, 0.25) is 0 Å². The summed E-state index contributed by atoms with van der Waals surface area (Å²) in [5, 5.41) is 22.7. The summed E-state index contributed by atoms with van der Waals surface area (Å²) in [6, 6.07) is 0.890. The summed E-state index contributed by atoms with van der Waals surface area (Å²) >= 11 is 0. The van der Waals surface area contributed by atoms with Crippen LogP contribution < -0.4 is 4.74 Å². The Morgan fingerprint density at radius 3 is 1.93 bits per heavy atom. The SMILES string of the molecule is COc1cc(C(F)(F)F)c([N+](=O)[O-])cc1C1=C(N(C)[C@@H](C)[C@H](O)c2cc(C(F)(F)F)cc(C(F)(F)F)c2)CC(C)(C)CC1. The molecule has 0 bridgehead atoms. The summed E-state index contributed by atoms with van der Waals surface area (Å²) in [5.41, 5.74) is -6.37. The summed E-state index contributed by atoms with van der Waals surface area (Å²) in [4.78, 5) is 11.9. The van der Waals surface area contributed by atoms with Crippen molar-refractivity contribution in [2.24, 2.45) is 5.41 Å². The van der Waals surface area contributed by atoms with E-state index in [2.05, 4.69) is 0 Å². The fourth-order valence-electron chi connectivity index (χ4n) is 5.12. The van der Waals surface area contributed by atoms with E-state index < -0.39 is 69.0 Å². The molecule has 43 heavy (non-hydrogen) atoms. The molecule has 2 aromatic carbocycles. The molecule has 15 heteroatoms. The maximum absolute atomic E-state index is 13.6. The Balaban J connectivity index is 2.20. The number of allylic oxidation sites excluding steroid dienone is 2. The minimum atomic E-state index is -5.14. The van der Waals surface area contributed by atoms with Gasteiger partial charge in [0.1, 0.15) is 11.3 Å². The predicted molar refractivity (Wildman–Crippen MR) is 138 cm³/mol. The van der Waals surface area contributed by atoms with Crippen molar-refractivity contribution in [1.82, 2.24) is 4.90 Å². The number of ether oxygens (including phenoxy) is 1. The third kappa shape index (κ3) is 7.36. The van der Waals surface area contributed by atoms with Gasteiger partial charge in [0.05, 0.1) is 35.3 Å². The van der Waals surface area contributed by atoms with Crippen LogP contribution in [-0.4, -0.2) is 35.1 Å². The lowest BCUT2D eigenvalue weighted by atomic mass is 9.74. The van der Waals surface area contributed by atoms with Gasteiger partial charge in [0.15, 0.2) is 0 Å². The lowest BCUT2D eigenvalue weighted by Gasteiger charge is -2.41. The van der Waals surface area contributed by atoms with Crippen LogP contribution >= 0.6 is 0 Å². The van der Waals surface area contributed by atoms with Crippen molar-refractivity contribution in [3.05, 3.63) is 74.0 Å². The minimum Gasteiger partial charge on any atom is -0.496 e. The molecule has 238 valence electrons. The monoisotopic (exact) mass is 628 g/mol. The summed E-state index contributed by atoms with van der Waals surface area (Å²) < 4.78 is 127. The van der Waals surface area contributed by atoms with E-state index in [4.69, 9.17) is 4.74 Å². The highest BCUT2D eigenvalue weighted by molar-refractivity contribution is 5.76. The molecule has 0 aliphatic heterocycles. The van der Waals surface area contributed by atoms with Crippen molar-refractivity contribution >= 4 is 11.3 Å². The van der Waals surface area contributed by atoms with Crippen LogP contribution in [-0.2, 0) is 18.5 Å². The van der Waals surface area contributed by atoms with Gasteiger partial charge in [-0.3, -0.25) is 10.1 Å². The van der Waals surface area contributed by atoms with Crippen LogP contribution in [0.1, 0.15) is 74.0 Å². The van der Waals surface area contributed by atoms with Crippen LogP contribution in [0.4, 0.5) is 45.2 Å². The number of nitrogens with zero attached hydrogens (tertiary/aromatic N) is 2. The number of benzene rings is 2. The number of methoxy groups -OCH3 is 1.